The SMILES string of the molecule is Brc1cc2c3c(cc4cccc5ccc1c3c54)-c1ccccc1-2. The van der Waals surface area contributed by atoms with Crippen molar-refractivity contribution in [2.75, 3.05) is 0 Å². The van der Waals surface area contributed by atoms with Crippen LogP contribution in [0.1, 0.15) is 0 Å². The summed E-state index contributed by atoms with van der Waals surface area (Å²) in [6, 6.07) is 24.5. The molecule has 0 aromatic heterocycles. The van der Waals surface area contributed by atoms with E-state index in [0.29, 0.717) is 0 Å². The highest BCUT2D eigenvalue weighted by atomic mass is 79.9. The van der Waals surface area contributed by atoms with Crippen LogP contribution in [0.15, 0.2) is 71.2 Å². The van der Waals surface area contributed by atoms with Gasteiger partial charge in [-0.05, 0) is 66.7 Å². The molecule has 1 aliphatic carbocycles. The smallest absolute Gasteiger partial charge is 0.0260 e. The molecule has 0 nitrogen and oxygen atoms in total. The van der Waals surface area contributed by atoms with Crippen molar-refractivity contribution in [2.45, 2.75) is 0 Å². The molecule has 0 spiro atoms. The number of halogens is 1. The minimum Gasteiger partial charge on any atom is -0.0616 e. The molecule has 1 heteroatoms. The van der Waals surface area contributed by atoms with E-state index < -0.39 is 0 Å². The largest absolute Gasteiger partial charge is 0.0616 e. The third-order valence-electron chi connectivity index (χ3n) is 5.20. The van der Waals surface area contributed by atoms with Crippen LogP contribution in [-0.4, -0.2) is 0 Å². The Bertz CT molecular complexity index is 1260. The molecule has 5 aromatic carbocycles. The first-order valence-electron chi connectivity index (χ1n) is 7.83. The molecule has 23 heavy (non-hydrogen) atoms. The summed E-state index contributed by atoms with van der Waals surface area (Å²) in [6.07, 6.45) is 0. The Morgan fingerprint density at radius 3 is 2.09 bits per heavy atom. The molecule has 0 aliphatic heterocycles. The third-order valence-corrected chi connectivity index (χ3v) is 5.86. The second kappa shape index (κ2) is 3.93. The zero-order chi connectivity index (χ0) is 15.1. The van der Waals surface area contributed by atoms with E-state index in [0.717, 1.165) is 0 Å². The van der Waals surface area contributed by atoms with E-state index in [2.05, 4.69) is 82.7 Å². The average Bonchev–Trinajstić information content (AvgIpc) is 2.90. The van der Waals surface area contributed by atoms with Crippen molar-refractivity contribution in [1.82, 2.24) is 0 Å². The summed E-state index contributed by atoms with van der Waals surface area (Å²) >= 11 is 3.81. The third kappa shape index (κ3) is 1.33. The normalized spacial score (nSPS) is 12.6. The number of hydrogen-bond donors (Lipinski definition) is 0. The first-order valence-corrected chi connectivity index (χ1v) is 8.62. The molecular formula is C22H11Br. The van der Waals surface area contributed by atoms with Gasteiger partial charge in [0.15, 0.2) is 0 Å². The summed E-state index contributed by atoms with van der Waals surface area (Å²) in [4.78, 5) is 0. The fourth-order valence-corrected chi connectivity index (χ4v) is 4.84. The molecule has 1 aliphatic rings. The molecule has 0 N–H and O–H groups in total. The van der Waals surface area contributed by atoms with Gasteiger partial charge in [0, 0.05) is 4.47 Å². The lowest BCUT2D eigenvalue weighted by atomic mass is 9.91. The van der Waals surface area contributed by atoms with Crippen molar-refractivity contribution in [1.29, 1.82) is 0 Å². The Hall–Kier alpha value is -2.38. The lowest BCUT2D eigenvalue weighted by Gasteiger charge is -2.14. The number of fused-ring (bicyclic) bond motifs is 3. The molecule has 0 amide bonds. The summed E-state index contributed by atoms with van der Waals surface area (Å²) in [6.45, 7) is 0. The van der Waals surface area contributed by atoms with Crippen molar-refractivity contribution in [3.05, 3.63) is 71.2 Å². The van der Waals surface area contributed by atoms with Crippen LogP contribution in [0.3, 0.4) is 0 Å². The Labute approximate surface area is 141 Å². The van der Waals surface area contributed by atoms with Gasteiger partial charge in [0.2, 0.25) is 0 Å². The maximum atomic E-state index is 3.81. The van der Waals surface area contributed by atoms with E-state index in [1.54, 1.807) is 0 Å². The molecule has 0 atom stereocenters. The van der Waals surface area contributed by atoms with Crippen molar-refractivity contribution in [3.8, 4) is 22.3 Å². The molecule has 106 valence electrons. The molecule has 6 rings (SSSR count). The monoisotopic (exact) mass is 354 g/mol. The fourth-order valence-electron chi connectivity index (χ4n) is 4.28. The van der Waals surface area contributed by atoms with Gasteiger partial charge in [0.25, 0.3) is 0 Å². The molecule has 0 radical (unpaired) electrons. The summed E-state index contributed by atoms with van der Waals surface area (Å²) < 4.78 is 1.18. The predicted molar refractivity (Wildman–Crippen MR) is 102 cm³/mol. The van der Waals surface area contributed by atoms with Gasteiger partial charge < -0.3 is 0 Å². The lowest BCUT2D eigenvalue weighted by molar-refractivity contribution is 1.69. The standard InChI is InChI=1S/C22H11Br/c23-19-11-18-15-7-2-1-6-14(15)17-10-13-5-3-4-12-8-9-16(19)22(20(12)13)21(17)18/h1-11H. The Morgan fingerprint density at radius 1 is 0.522 bits per heavy atom. The van der Waals surface area contributed by atoms with Crippen LogP contribution in [0.5, 0.6) is 0 Å². The molecule has 0 bridgehead atoms. The van der Waals surface area contributed by atoms with Crippen LogP contribution in [0, 0.1) is 0 Å². The minimum absolute atomic E-state index is 1.18. The second-order valence-corrected chi connectivity index (χ2v) is 7.17. The van der Waals surface area contributed by atoms with Gasteiger partial charge >= 0.3 is 0 Å². The predicted octanol–water partition coefficient (Wildman–Crippen LogP) is 6.99. The van der Waals surface area contributed by atoms with Crippen molar-refractivity contribution < 1.29 is 0 Å². The van der Waals surface area contributed by atoms with E-state index in [-0.39, 0.29) is 0 Å². The average molecular weight is 355 g/mol. The van der Waals surface area contributed by atoms with Gasteiger partial charge in [-0.2, -0.15) is 0 Å². The van der Waals surface area contributed by atoms with E-state index in [4.69, 9.17) is 0 Å². The molecule has 0 saturated heterocycles. The molecule has 5 aromatic rings. The highest BCUT2D eigenvalue weighted by molar-refractivity contribution is 9.10. The van der Waals surface area contributed by atoms with Crippen LogP contribution >= 0.6 is 15.9 Å². The topological polar surface area (TPSA) is 0 Å². The van der Waals surface area contributed by atoms with Crippen LogP contribution in [0.25, 0.3) is 54.6 Å². The zero-order valence-corrected chi connectivity index (χ0v) is 13.8. The lowest BCUT2D eigenvalue weighted by Crippen LogP contribution is -1.86. The molecule has 0 unspecified atom stereocenters. The van der Waals surface area contributed by atoms with Crippen LogP contribution in [-0.2, 0) is 0 Å². The van der Waals surface area contributed by atoms with Gasteiger partial charge in [-0.25, -0.2) is 0 Å². The number of hydrogen-bond acceptors (Lipinski definition) is 0. The van der Waals surface area contributed by atoms with Crippen LogP contribution in [0.4, 0.5) is 0 Å². The Kier molecular flexibility index (Phi) is 2.06. The quantitative estimate of drug-likeness (QED) is 0.258. The molecular weight excluding hydrogens is 344 g/mol. The van der Waals surface area contributed by atoms with Gasteiger partial charge in [0.1, 0.15) is 0 Å². The van der Waals surface area contributed by atoms with E-state index in [1.165, 1.54) is 59.0 Å². The highest BCUT2D eigenvalue weighted by Gasteiger charge is 2.25. The summed E-state index contributed by atoms with van der Waals surface area (Å²) in [7, 11) is 0. The van der Waals surface area contributed by atoms with Crippen molar-refractivity contribution in [2.24, 2.45) is 0 Å². The van der Waals surface area contributed by atoms with E-state index >= 15 is 0 Å². The number of benzene rings is 5. The summed E-state index contributed by atoms with van der Waals surface area (Å²) in [5.74, 6) is 0. The molecule has 0 fully saturated rings. The van der Waals surface area contributed by atoms with Crippen LogP contribution < -0.4 is 0 Å². The first-order chi connectivity index (χ1) is 11.3. The van der Waals surface area contributed by atoms with Crippen molar-refractivity contribution in [3.63, 3.8) is 0 Å². The molecule has 0 saturated carbocycles. The minimum atomic E-state index is 1.18. The molecule has 0 heterocycles. The number of rotatable bonds is 0. The summed E-state index contributed by atoms with van der Waals surface area (Å²) in [5.41, 5.74) is 5.43. The zero-order valence-electron chi connectivity index (χ0n) is 12.2. The maximum absolute atomic E-state index is 3.81. The van der Waals surface area contributed by atoms with Crippen LogP contribution in [0.2, 0.25) is 0 Å². The fraction of sp³-hybridized carbons (Fsp3) is 0. The Balaban J connectivity index is 2.04. The Morgan fingerprint density at radius 2 is 1.26 bits per heavy atom. The van der Waals surface area contributed by atoms with E-state index in [9.17, 15) is 0 Å². The maximum Gasteiger partial charge on any atom is 0.0260 e. The van der Waals surface area contributed by atoms with Gasteiger partial charge in [0.05, 0.1) is 0 Å². The van der Waals surface area contributed by atoms with Gasteiger partial charge in [-0.3, -0.25) is 0 Å². The van der Waals surface area contributed by atoms with Gasteiger partial charge in [-0.15, -0.1) is 0 Å². The van der Waals surface area contributed by atoms with Gasteiger partial charge in [-0.1, -0.05) is 70.5 Å². The van der Waals surface area contributed by atoms with Crippen molar-refractivity contribution >= 4 is 48.2 Å². The van der Waals surface area contributed by atoms with E-state index in [1.807, 2.05) is 0 Å². The highest BCUT2D eigenvalue weighted by Crippen LogP contribution is 2.52. The second-order valence-electron chi connectivity index (χ2n) is 6.32. The first kappa shape index (κ1) is 12.1. The summed E-state index contributed by atoms with van der Waals surface area (Å²) in [5, 5.41) is 8.16.